The van der Waals surface area contributed by atoms with Crippen molar-refractivity contribution in [2.24, 2.45) is 5.92 Å². The van der Waals surface area contributed by atoms with Gasteiger partial charge in [0, 0.05) is 59.4 Å². The molecular weight excluding hydrogens is 470 g/mol. The molecule has 0 saturated carbocycles. The minimum atomic E-state index is 0.129. The normalized spacial score (nSPS) is 15.6. The summed E-state index contributed by atoms with van der Waals surface area (Å²) in [7, 11) is 0. The van der Waals surface area contributed by atoms with Gasteiger partial charge in [-0.2, -0.15) is 20.7 Å². The van der Waals surface area contributed by atoms with Crippen LogP contribution in [0, 0.1) is 35.5 Å². The van der Waals surface area contributed by atoms with Crippen molar-refractivity contribution in [1.29, 1.82) is 10.5 Å². The lowest BCUT2D eigenvalue weighted by Gasteiger charge is -2.32. The van der Waals surface area contributed by atoms with Crippen LogP contribution in [0.5, 0.6) is 0 Å². The first kappa shape index (κ1) is 23.7. The van der Waals surface area contributed by atoms with Gasteiger partial charge in [0.15, 0.2) is 0 Å². The molecule has 1 aliphatic heterocycles. The smallest absolute Gasteiger partial charge is 0.219 e. The highest BCUT2D eigenvalue weighted by atomic mass is 32.2. The van der Waals surface area contributed by atoms with E-state index < -0.39 is 0 Å². The summed E-state index contributed by atoms with van der Waals surface area (Å²) in [6.45, 7) is 6.04. The summed E-state index contributed by atoms with van der Waals surface area (Å²) < 4.78 is 3.75. The zero-order valence-electron chi connectivity index (χ0n) is 20.2. The fraction of sp³-hybridized carbons (Fsp3) is 0.296. The van der Waals surface area contributed by atoms with Gasteiger partial charge < -0.3 is 4.90 Å². The van der Waals surface area contributed by atoms with Crippen molar-refractivity contribution in [2.45, 2.75) is 43.0 Å². The van der Waals surface area contributed by atoms with Crippen molar-refractivity contribution in [3.8, 4) is 23.3 Å². The Morgan fingerprint density at radius 2 is 1.94 bits per heavy atom. The van der Waals surface area contributed by atoms with Crippen molar-refractivity contribution < 1.29 is 4.79 Å². The maximum Gasteiger partial charge on any atom is 0.219 e. The molecule has 5 rings (SSSR count). The lowest BCUT2D eigenvalue weighted by molar-refractivity contribution is -0.130. The highest BCUT2D eigenvalue weighted by molar-refractivity contribution is 7.99. The number of piperidine rings is 1. The van der Waals surface area contributed by atoms with Crippen molar-refractivity contribution in [3.63, 3.8) is 0 Å². The topological polar surface area (TPSA) is 103 Å². The fourth-order valence-corrected chi connectivity index (χ4v) is 5.91. The molecule has 3 aromatic heterocycles. The summed E-state index contributed by atoms with van der Waals surface area (Å²) >= 11 is 1.46. The van der Waals surface area contributed by atoms with E-state index in [1.54, 1.807) is 23.7 Å². The Kier molecular flexibility index (Phi) is 6.49. The van der Waals surface area contributed by atoms with Crippen LogP contribution in [0.25, 0.3) is 16.6 Å². The number of carbonyl (C=O) groups is 1. The SMILES string of the molecule is CC(=O)N1CCC[C@H](Cn2ncc(-c3cc(Sc4ccccc4C#N)c4c(C#N)cnn4c3)c2C)C1. The number of likely N-dealkylation sites (tertiary alicyclic amines) is 1. The van der Waals surface area contributed by atoms with Crippen LogP contribution in [0.1, 0.15) is 36.6 Å². The molecule has 4 heterocycles. The van der Waals surface area contributed by atoms with E-state index in [4.69, 9.17) is 0 Å². The Morgan fingerprint density at radius 1 is 1.14 bits per heavy atom. The average Bonchev–Trinajstić information content (AvgIpc) is 3.47. The van der Waals surface area contributed by atoms with Crippen LogP contribution in [0.15, 0.2) is 58.7 Å². The van der Waals surface area contributed by atoms with E-state index >= 15 is 0 Å². The number of nitrogens with zero attached hydrogens (tertiary/aromatic N) is 7. The van der Waals surface area contributed by atoms with Gasteiger partial charge in [0.25, 0.3) is 0 Å². The van der Waals surface area contributed by atoms with E-state index in [9.17, 15) is 15.3 Å². The first-order valence-corrected chi connectivity index (χ1v) is 12.7. The quantitative estimate of drug-likeness (QED) is 0.399. The number of carbonyl (C=O) groups excluding carboxylic acids is 1. The Bertz CT molecular complexity index is 1540. The van der Waals surface area contributed by atoms with Crippen molar-refractivity contribution >= 4 is 23.2 Å². The monoisotopic (exact) mass is 495 g/mol. The van der Waals surface area contributed by atoms with E-state index in [0.29, 0.717) is 17.0 Å². The molecule has 0 bridgehead atoms. The number of benzene rings is 1. The minimum Gasteiger partial charge on any atom is -0.343 e. The van der Waals surface area contributed by atoms with Gasteiger partial charge in [0.05, 0.1) is 29.0 Å². The van der Waals surface area contributed by atoms with Gasteiger partial charge in [-0.05, 0) is 43.9 Å². The molecule has 4 aromatic rings. The molecule has 0 unspecified atom stereocenters. The molecule has 0 spiro atoms. The van der Waals surface area contributed by atoms with Gasteiger partial charge >= 0.3 is 0 Å². The Hall–Kier alpha value is -4.08. The van der Waals surface area contributed by atoms with Crippen LogP contribution in [-0.2, 0) is 11.3 Å². The Labute approximate surface area is 213 Å². The van der Waals surface area contributed by atoms with Gasteiger partial charge in [-0.1, -0.05) is 23.9 Å². The summed E-state index contributed by atoms with van der Waals surface area (Å²) in [6, 6.07) is 14.0. The second-order valence-electron chi connectivity index (χ2n) is 9.07. The van der Waals surface area contributed by atoms with E-state index in [1.165, 1.54) is 11.8 Å². The summed E-state index contributed by atoms with van der Waals surface area (Å²) in [6.07, 6.45) is 7.45. The number of rotatable bonds is 5. The van der Waals surface area contributed by atoms with Crippen LogP contribution >= 0.6 is 11.8 Å². The minimum absolute atomic E-state index is 0.129. The summed E-state index contributed by atoms with van der Waals surface area (Å²) in [5.41, 5.74) is 4.75. The standard InChI is InChI=1S/C27H25N7OS/c1-18-24(14-31-33(18)16-20-6-5-9-32(15-20)19(2)35)22-10-26(27-23(12-29)13-30-34(27)17-22)36-25-8-4-3-7-21(25)11-28/h3-4,7-8,10,13-14,17,20H,5-6,9,15-16H2,1-2H3/t20-/m0/s1. The van der Waals surface area contributed by atoms with Crippen molar-refractivity contribution in [2.75, 3.05) is 13.1 Å². The first-order chi connectivity index (χ1) is 17.5. The maximum atomic E-state index is 11.8. The summed E-state index contributed by atoms with van der Waals surface area (Å²) in [4.78, 5) is 15.4. The summed E-state index contributed by atoms with van der Waals surface area (Å²) in [5, 5.41) is 28.3. The number of hydrogen-bond acceptors (Lipinski definition) is 6. The van der Waals surface area contributed by atoms with Crippen LogP contribution < -0.4 is 0 Å². The average molecular weight is 496 g/mol. The molecule has 1 atom stereocenters. The molecule has 1 aromatic carbocycles. The molecule has 0 radical (unpaired) electrons. The van der Waals surface area contributed by atoms with Crippen LogP contribution in [0.3, 0.4) is 0 Å². The third-order valence-electron chi connectivity index (χ3n) is 6.73. The summed E-state index contributed by atoms with van der Waals surface area (Å²) in [5.74, 6) is 0.499. The van der Waals surface area contributed by atoms with E-state index in [2.05, 4.69) is 29.3 Å². The molecule has 1 saturated heterocycles. The lowest BCUT2D eigenvalue weighted by atomic mass is 9.98. The molecule has 8 nitrogen and oxygen atoms in total. The molecular formula is C27H25N7OS. The molecule has 0 aliphatic carbocycles. The molecule has 1 amide bonds. The number of nitriles is 2. The Morgan fingerprint density at radius 3 is 2.72 bits per heavy atom. The number of aromatic nitrogens is 4. The molecule has 9 heteroatoms. The molecule has 1 fully saturated rings. The number of fused-ring (bicyclic) bond motifs is 1. The second kappa shape index (κ2) is 9.88. The molecule has 180 valence electrons. The highest BCUT2D eigenvalue weighted by Crippen LogP contribution is 2.37. The largest absolute Gasteiger partial charge is 0.343 e. The van der Waals surface area contributed by atoms with E-state index in [-0.39, 0.29) is 5.91 Å². The number of amides is 1. The van der Waals surface area contributed by atoms with Crippen molar-refractivity contribution in [3.05, 3.63) is 65.7 Å². The van der Waals surface area contributed by atoms with Gasteiger partial charge in [-0.25, -0.2) is 4.52 Å². The predicted molar refractivity (Wildman–Crippen MR) is 136 cm³/mol. The zero-order chi connectivity index (χ0) is 25.2. The maximum absolute atomic E-state index is 11.8. The van der Waals surface area contributed by atoms with Crippen molar-refractivity contribution in [1.82, 2.24) is 24.3 Å². The van der Waals surface area contributed by atoms with Gasteiger partial charge in [0.1, 0.15) is 12.1 Å². The predicted octanol–water partition coefficient (Wildman–Crippen LogP) is 4.66. The van der Waals surface area contributed by atoms with Gasteiger partial charge in [-0.3, -0.25) is 9.48 Å². The number of hydrogen-bond donors (Lipinski definition) is 0. The third kappa shape index (κ3) is 4.46. The van der Waals surface area contributed by atoms with Crippen LogP contribution in [0.4, 0.5) is 0 Å². The van der Waals surface area contributed by atoms with Crippen LogP contribution in [0.2, 0.25) is 0 Å². The van der Waals surface area contributed by atoms with E-state index in [1.807, 2.05) is 46.2 Å². The zero-order valence-corrected chi connectivity index (χ0v) is 21.0. The third-order valence-corrected chi connectivity index (χ3v) is 7.84. The molecule has 1 aliphatic rings. The lowest BCUT2D eigenvalue weighted by Crippen LogP contribution is -2.40. The number of pyridine rings is 1. The molecule has 36 heavy (non-hydrogen) atoms. The van der Waals surface area contributed by atoms with Crippen LogP contribution in [-0.4, -0.2) is 43.3 Å². The second-order valence-corrected chi connectivity index (χ2v) is 10.1. The highest BCUT2D eigenvalue weighted by Gasteiger charge is 2.23. The van der Waals surface area contributed by atoms with Gasteiger partial charge in [0.2, 0.25) is 5.91 Å². The van der Waals surface area contributed by atoms with Gasteiger partial charge in [-0.15, -0.1) is 0 Å². The fourth-order valence-electron chi connectivity index (χ4n) is 4.82. The Balaban J connectivity index is 1.51. The first-order valence-electron chi connectivity index (χ1n) is 11.8. The van der Waals surface area contributed by atoms with E-state index in [0.717, 1.165) is 64.6 Å². The molecule has 0 N–H and O–H groups in total.